The van der Waals surface area contributed by atoms with E-state index in [4.69, 9.17) is 4.98 Å². The molecule has 0 aliphatic heterocycles. The number of likely N-dealkylation sites (N-methyl/N-ethyl adjacent to an activating group) is 1. The summed E-state index contributed by atoms with van der Waals surface area (Å²) in [5, 5.41) is 0.750. The first kappa shape index (κ1) is 22.1. The van der Waals surface area contributed by atoms with Crippen LogP contribution in [0.3, 0.4) is 0 Å². The van der Waals surface area contributed by atoms with E-state index in [1.807, 2.05) is 50.5 Å². The summed E-state index contributed by atoms with van der Waals surface area (Å²) in [6.45, 7) is 5.57. The monoisotopic (exact) mass is 415 g/mol. The van der Waals surface area contributed by atoms with Crippen LogP contribution in [0.4, 0.5) is 5.13 Å². The molecule has 6 heteroatoms. The Morgan fingerprint density at radius 1 is 1.07 bits per heavy atom. The molecule has 3 rings (SSSR count). The van der Waals surface area contributed by atoms with E-state index in [1.54, 1.807) is 22.3 Å². The first-order chi connectivity index (χ1) is 12.9. The van der Waals surface area contributed by atoms with Gasteiger partial charge in [0, 0.05) is 19.2 Å². The van der Waals surface area contributed by atoms with Crippen molar-refractivity contribution in [2.75, 3.05) is 32.1 Å². The van der Waals surface area contributed by atoms with Gasteiger partial charge in [-0.1, -0.05) is 41.7 Å². The molecule has 3 aromatic rings. The van der Waals surface area contributed by atoms with Crippen molar-refractivity contribution in [3.05, 3.63) is 65.2 Å². The lowest BCUT2D eigenvalue weighted by Crippen LogP contribution is -2.35. The molecule has 148 valence electrons. The largest absolute Gasteiger partial charge is 0.308 e. The fourth-order valence-electron chi connectivity index (χ4n) is 2.70. The Morgan fingerprint density at radius 2 is 1.75 bits per heavy atom. The van der Waals surface area contributed by atoms with Crippen molar-refractivity contribution in [3.63, 3.8) is 0 Å². The molecule has 0 aliphatic rings. The lowest BCUT2D eigenvalue weighted by Gasteiger charge is -2.20. The standard InChI is InChI=1S/C22H25N3OS.ClH/c1-16-14-19-20(15-17(16)2)27-22(23-19)25(13-12-24(3)4)21(26)11-10-18-8-6-5-7-9-18;/h5-11,14-15H,12-13H2,1-4H3;1H. The maximum Gasteiger partial charge on any atom is 0.252 e. The Kier molecular flexibility index (Phi) is 7.75. The van der Waals surface area contributed by atoms with Crippen LogP contribution < -0.4 is 4.90 Å². The third-order valence-corrected chi connectivity index (χ3v) is 5.52. The SMILES string of the molecule is Cc1cc2nc(N(CCN(C)C)C(=O)C=Cc3ccccc3)sc2cc1C.Cl. The summed E-state index contributed by atoms with van der Waals surface area (Å²) >= 11 is 1.57. The molecule has 0 bridgehead atoms. The minimum Gasteiger partial charge on any atom is -0.308 e. The van der Waals surface area contributed by atoms with Crippen molar-refractivity contribution in [3.8, 4) is 0 Å². The highest BCUT2D eigenvalue weighted by molar-refractivity contribution is 7.22. The second-order valence-electron chi connectivity index (χ2n) is 6.94. The Morgan fingerprint density at radius 3 is 2.43 bits per heavy atom. The molecule has 2 aromatic carbocycles. The van der Waals surface area contributed by atoms with Gasteiger partial charge in [0.1, 0.15) is 0 Å². The van der Waals surface area contributed by atoms with Crippen LogP contribution in [0, 0.1) is 13.8 Å². The molecule has 0 spiro atoms. The van der Waals surface area contributed by atoms with E-state index in [-0.39, 0.29) is 18.3 Å². The smallest absolute Gasteiger partial charge is 0.252 e. The molecule has 0 fully saturated rings. The lowest BCUT2D eigenvalue weighted by atomic mass is 10.1. The number of fused-ring (bicyclic) bond motifs is 1. The third kappa shape index (κ3) is 5.41. The van der Waals surface area contributed by atoms with E-state index >= 15 is 0 Å². The van der Waals surface area contributed by atoms with Crippen LogP contribution in [0.5, 0.6) is 0 Å². The van der Waals surface area contributed by atoms with Gasteiger partial charge in [-0.25, -0.2) is 4.98 Å². The van der Waals surface area contributed by atoms with Crippen molar-refractivity contribution >= 4 is 51.1 Å². The molecule has 0 N–H and O–H groups in total. The summed E-state index contributed by atoms with van der Waals surface area (Å²) in [5.74, 6) is -0.0480. The number of benzene rings is 2. The van der Waals surface area contributed by atoms with Crippen LogP contribution in [0.25, 0.3) is 16.3 Å². The average Bonchev–Trinajstić information content (AvgIpc) is 3.03. The minimum atomic E-state index is -0.0480. The lowest BCUT2D eigenvalue weighted by molar-refractivity contribution is -0.114. The number of aryl methyl sites for hydroxylation is 2. The van der Waals surface area contributed by atoms with E-state index in [2.05, 4.69) is 30.9 Å². The highest BCUT2D eigenvalue weighted by Crippen LogP contribution is 2.31. The average molecular weight is 416 g/mol. The summed E-state index contributed by atoms with van der Waals surface area (Å²) < 4.78 is 1.11. The number of carbonyl (C=O) groups is 1. The van der Waals surface area contributed by atoms with E-state index in [9.17, 15) is 4.79 Å². The van der Waals surface area contributed by atoms with E-state index in [0.29, 0.717) is 6.54 Å². The van der Waals surface area contributed by atoms with Crippen LogP contribution in [-0.2, 0) is 4.79 Å². The van der Waals surface area contributed by atoms with Gasteiger partial charge in [-0.15, -0.1) is 12.4 Å². The normalized spacial score (nSPS) is 11.2. The van der Waals surface area contributed by atoms with Crippen LogP contribution in [-0.4, -0.2) is 43.0 Å². The van der Waals surface area contributed by atoms with Crippen molar-refractivity contribution in [1.29, 1.82) is 0 Å². The molecule has 0 saturated carbocycles. The zero-order chi connectivity index (χ0) is 19.4. The van der Waals surface area contributed by atoms with Gasteiger partial charge in [-0.2, -0.15) is 0 Å². The number of anilines is 1. The zero-order valence-electron chi connectivity index (χ0n) is 16.7. The number of amides is 1. The summed E-state index contributed by atoms with van der Waals surface area (Å²) in [6, 6.07) is 14.1. The topological polar surface area (TPSA) is 36.4 Å². The fourth-order valence-corrected chi connectivity index (χ4v) is 3.78. The van der Waals surface area contributed by atoms with Crippen molar-refractivity contribution in [2.24, 2.45) is 0 Å². The number of hydrogen-bond acceptors (Lipinski definition) is 4. The molecule has 0 saturated heterocycles. The number of hydrogen-bond donors (Lipinski definition) is 0. The second kappa shape index (κ2) is 9.82. The molecule has 0 atom stereocenters. The summed E-state index contributed by atoms with van der Waals surface area (Å²) in [6.07, 6.45) is 3.49. The van der Waals surface area contributed by atoms with E-state index in [0.717, 1.165) is 27.5 Å². The molecule has 0 radical (unpaired) electrons. The molecule has 0 unspecified atom stereocenters. The Bertz CT molecular complexity index is 928. The molecule has 28 heavy (non-hydrogen) atoms. The fraction of sp³-hybridized carbons (Fsp3) is 0.273. The van der Waals surface area contributed by atoms with Gasteiger partial charge in [0.2, 0.25) is 0 Å². The molecular weight excluding hydrogens is 390 g/mol. The van der Waals surface area contributed by atoms with Crippen molar-refractivity contribution < 1.29 is 4.79 Å². The Balaban J connectivity index is 0.00000280. The molecule has 0 aliphatic carbocycles. The number of nitrogens with zero attached hydrogens (tertiary/aromatic N) is 3. The summed E-state index contributed by atoms with van der Waals surface area (Å²) in [4.78, 5) is 21.5. The van der Waals surface area contributed by atoms with Crippen LogP contribution >= 0.6 is 23.7 Å². The number of aromatic nitrogens is 1. The Labute approximate surface area is 176 Å². The number of carbonyl (C=O) groups excluding carboxylic acids is 1. The predicted molar refractivity (Wildman–Crippen MR) is 123 cm³/mol. The molecule has 1 aromatic heterocycles. The van der Waals surface area contributed by atoms with Crippen LogP contribution in [0.15, 0.2) is 48.5 Å². The van der Waals surface area contributed by atoms with Gasteiger partial charge in [0.05, 0.1) is 10.2 Å². The first-order valence-electron chi connectivity index (χ1n) is 9.01. The van der Waals surface area contributed by atoms with Crippen molar-refractivity contribution in [1.82, 2.24) is 9.88 Å². The second-order valence-corrected chi connectivity index (χ2v) is 7.95. The van der Waals surface area contributed by atoms with Crippen molar-refractivity contribution in [2.45, 2.75) is 13.8 Å². The van der Waals surface area contributed by atoms with Gasteiger partial charge < -0.3 is 4.90 Å². The van der Waals surface area contributed by atoms with Crippen LogP contribution in [0.1, 0.15) is 16.7 Å². The predicted octanol–water partition coefficient (Wildman–Crippen LogP) is 4.94. The molecular formula is C22H26ClN3OS. The summed E-state index contributed by atoms with van der Waals surface area (Å²) in [7, 11) is 4.01. The first-order valence-corrected chi connectivity index (χ1v) is 9.83. The quantitative estimate of drug-likeness (QED) is 0.535. The molecule has 1 amide bonds. The number of halogens is 1. The maximum absolute atomic E-state index is 12.9. The Hall–Kier alpha value is -2.21. The summed E-state index contributed by atoms with van der Waals surface area (Å²) in [5.41, 5.74) is 4.42. The highest BCUT2D eigenvalue weighted by Gasteiger charge is 2.18. The van der Waals surface area contributed by atoms with E-state index < -0.39 is 0 Å². The van der Waals surface area contributed by atoms with E-state index in [1.165, 1.54) is 11.1 Å². The van der Waals surface area contributed by atoms with Gasteiger partial charge in [0.25, 0.3) is 5.91 Å². The maximum atomic E-state index is 12.9. The minimum absolute atomic E-state index is 0. The van der Waals surface area contributed by atoms with Gasteiger partial charge >= 0.3 is 0 Å². The number of thiazole rings is 1. The van der Waals surface area contributed by atoms with Gasteiger partial charge in [-0.05, 0) is 62.8 Å². The molecule has 4 nitrogen and oxygen atoms in total. The molecule has 1 heterocycles. The van der Waals surface area contributed by atoms with Gasteiger partial charge in [0.15, 0.2) is 5.13 Å². The third-order valence-electron chi connectivity index (χ3n) is 4.48. The van der Waals surface area contributed by atoms with Crippen LogP contribution in [0.2, 0.25) is 0 Å². The van der Waals surface area contributed by atoms with Gasteiger partial charge in [-0.3, -0.25) is 9.69 Å². The zero-order valence-corrected chi connectivity index (χ0v) is 18.3. The number of rotatable bonds is 6. The highest BCUT2D eigenvalue weighted by atomic mass is 35.5.